The van der Waals surface area contributed by atoms with Crippen molar-refractivity contribution in [2.75, 3.05) is 6.61 Å². The third-order valence-corrected chi connectivity index (χ3v) is 1.97. The first-order valence-corrected chi connectivity index (χ1v) is 4.62. The number of aryl methyl sites for hydroxylation is 1. The number of rotatable bonds is 3. The molecule has 0 amide bonds. The summed E-state index contributed by atoms with van der Waals surface area (Å²) in [6, 6.07) is 5.75. The Morgan fingerprint density at radius 1 is 1.46 bits per heavy atom. The molecule has 0 fully saturated rings. The molecule has 0 radical (unpaired) electrons. The van der Waals surface area contributed by atoms with Crippen molar-refractivity contribution in [1.29, 1.82) is 0 Å². The number of benzene rings is 1. The molecule has 70 valence electrons. The molecular weight excluding hydrogens is 184 g/mol. The standard InChI is InChI=1S/C11H13ClO/c1-3-4-7-13-11-8-9(2)5-6-10(11)12/h3-6,8H,7H2,1-2H3/b4-3+. The van der Waals surface area contributed by atoms with E-state index in [1.54, 1.807) is 0 Å². The van der Waals surface area contributed by atoms with Gasteiger partial charge in [0.2, 0.25) is 0 Å². The molecule has 0 aliphatic rings. The van der Waals surface area contributed by atoms with Crippen molar-refractivity contribution >= 4 is 11.6 Å². The van der Waals surface area contributed by atoms with Crippen molar-refractivity contribution in [3.05, 3.63) is 40.9 Å². The van der Waals surface area contributed by atoms with E-state index >= 15 is 0 Å². The molecule has 0 spiro atoms. The average molecular weight is 197 g/mol. The van der Waals surface area contributed by atoms with Gasteiger partial charge in [0.1, 0.15) is 12.4 Å². The van der Waals surface area contributed by atoms with Gasteiger partial charge in [-0.3, -0.25) is 0 Å². The maximum atomic E-state index is 5.93. The Morgan fingerprint density at radius 3 is 2.92 bits per heavy atom. The highest BCUT2D eigenvalue weighted by atomic mass is 35.5. The van der Waals surface area contributed by atoms with Gasteiger partial charge >= 0.3 is 0 Å². The largest absolute Gasteiger partial charge is 0.488 e. The van der Waals surface area contributed by atoms with Gasteiger partial charge in [-0.25, -0.2) is 0 Å². The molecule has 1 nitrogen and oxygen atoms in total. The lowest BCUT2D eigenvalue weighted by Crippen LogP contribution is -1.94. The maximum Gasteiger partial charge on any atom is 0.138 e. The second-order valence-corrected chi connectivity index (χ2v) is 3.22. The highest BCUT2D eigenvalue weighted by Crippen LogP contribution is 2.24. The fraction of sp³-hybridized carbons (Fsp3) is 0.273. The van der Waals surface area contributed by atoms with Gasteiger partial charge in [0.05, 0.1) is 5.02 Å². The van der Waals surface area contributed by atoms with Gasteiger partial charge < -0.3 is 4.74 Å². The van der Waals surface area contributed by atoms with E-state index in [9.17, 15) is 0 Å². The topological polar surface area (TPSA) is 9.23 Å². The second kappa shape index (κ2) is 4.93. The molecule has 0 saturated heterocycles. The summed E-state index contributed by atoms with van der Waals surface area (Å²) in [5.41, 5.74) is 1.15. The molecule has 0 aromatic heterocycles. The number of allylic oxidation sites excluding steroid dienone is 1. The van der Waals surface area contributed by atoms with Crippen molar-refractivity contribution in [2.24, 2.45) is 0 Å². The summed E-state index contributed by atoms with van der Waals surface area (Å²) in [5.74, 6) is 0.750. The monoisotopic (exact) mass is 196 g/mol. The van der Waals surface area contributed by atoms with E-state index in [-0.39, 0.29) is 0 Å². The number of ether oxygens (including phenoxy) is 1. The molecule has 13 heavy (non-hydrogen) atoms. The predicted molar refractivity (Wildman–Crippen MR) is 56.5 cm³/mol. The van der Waals surface area contributed by atoms with Crippen LogP contribution in [0.15, 0.2) is 30.4 Å². The molecule has 0 N–H and O–H groups in total. The van der Waals surface area contributed by atoms with E-state index in [0.29, 0.717) is 11.6 Å². The van der Waals surface area contributed by atoms with Gasteiger partial charge in [-0.15, -0.1) is 0 Å². The molecule has 0 atom stereocenters. The Balaban J connectivity index is 2.69. The van der Waals surface area contributed by atoms with Gasteiger partial charge in [0, 0.05) is 0 Å². The summed E-state index contributed by atoms with van der Waals surface area (Å²) in [6.45, 7) is 4.54. The smallest absolute Gasteiger partial charge is 0.138 e. The molecule has 1 aromatic rings. The van der Waals surface area contributed by atoms with Crippen molar-refractivity contribution in [2.45, 2.75) is 13.8 Å². The minimum Gasteiger partial charge on any atom is -0.488 e. The van der Waals surface area contributed by atoms with Gasteiger partial charge in [0.15, 0.2) is 0 Å². The number of halogens is 1. The van der Waals surface area contributed by atoms with Crippen molar-refractivity contribution < 1.29 is 4.74 Å². The van der Waals surface area contributed by atoms with Crippen LogP contribution >= 0.6 is 11.6 Å². The maximum absolute atomic E-state index is 5.93. The third kappa shape index (κ3) is 3.11. The lowest BCUT2D eigenvalue weighted by molar-refractivity contribution is 0.362. The van der Waals surface area contributed by atoms with Gasteiger partial charge in [-0.2, -0.15) is 0 Å². The fourth-order valence-electron chi connectivity index (χ4n) is 0.955. The first kappa shape index (κ1) is 10.1. The Hall–Kier alpha value is -0.950. The van der Waals surface area contributed by atoms with Crippen molar-refractivity contribution in [3.8, 4) is 5.75 Å². The minimum absolute atomic E-state index is 0.569. The predicted octanol–water partition coefficient (Wildman–Crippen LogP) is 3.60. The fourth-order valence-corrected chi connectivity index (χ4v) is 1.13. The number of hydrogen-bond donors (Lipinski definition) is 0. The Kier molecular flexibility index (Phi) is 3.84. The van der Waals surface area contributed by atoms with Gasteiger partial charge in [0.25, 0.3) is 0 Å². The van der Waals surface area contributed by atoms with E-state index in [1.807, 2.05) is 44.2 Å². The van der Waals surface area contributed by atoms with Crippen LogP contribution in [0, 0.1) is 6.92 Å². The summed E-state index contributed by atoms with van der Waals surface area (Å²) >= 11 is 5.93. The van der Waals surface area contributed by atoms with E-state index in [2.05, 4.69) is 0 Å². The van der Waals surface area contributed by atoms with Gasteiger partial charge in [-0.05, 0) is 31.5 Å². The SMILES string of the molecule is C/C=C/COc1cc(C)ccc1Cl. The Bertz CT molecular complexity index is 305. The summed E-state index contributed by atoms with van der Waals surface area (Å²) in [5, 5.41) is 0.662. The molecule has 0 saturated carbocycles. The average Bonchev–Trinajstić information content (AvgIpc) is 2.11. The minimum atomic E-state index is 0.569. The Labute approximate surface area is 84.0 Å². The van der Waals surface area contributed by atoms with E-state index in [1.165, 1.54) is 0 Å². The molecule has 0 aliphatic heterocycles. The van der Waals surface area contributed by atoms with Crippen molar-refractivity contribution in [3.63, 3.8) is 0 Å². The first-order chi connectivity index (χ1) is 6.24. The summed E-state index contributed by atoms with van der Waals surface area (Å²) in [7, 11) is 0. The highest BCUT2D eigenvalue weighted by molar-refractivity contribution is 6.32. The zero-order chi connectivity index (χ0) is 9.68. The third-order valence-electron chi connectivity index (χ3n) is 1.66. The molecule has 0 aliphatic carbocycles. The van der Waals surface area contributed by atoms with Crippen molar-refractivity contribution in [1.82, 2.24) is 0 Å². The molecule has 0 bridgehead atoms. The van der Waals surface area contributed by atoms with Crippen LogP contribution in [0.4, 0.5) is 0 Å². The lowest BCUT2D eigenvalue weighted by atomic mass is 10.2. The highest BCUT2D eigenvalue weighted by Gasteiger charge is 1.99. The molecule has 2 heteroatoms. The van der Waals surface area contributed by atoms with Gasteiger partial charge in [-0.1, -0.05) is 29.8 Å². The van der Waals surface area contributed by atoms with E-state index in [0.717, 1.165) is 11.3 Å². The molecule has 0 heterocycles. The second-order valence-electron chi connectivity index (χ2n) is 2.81. The van der Waals surface area contributed by atoms with E-state index < -0.39 is 0 Å². The van der Waals surface area contributed by atoms with Crippen LogP contribution in [0.2, 0.25) is 5.02 Å². The quantitative estimate of drug-likeness (QED) is 0.672. The first-order valence-electron chi connectivity index (χ1n) is 4.24. The zero-order valence-electron chi connectivity index (χ0n) is 7.88. The Morgan fingerprint density at radius 2 is 2.23 bits per heavy atom. The molecule has 0 unspecified atom stereocenters. The van der Waals surface area contributed by atoms with Crippen LogP contribution in [0.3, 0.4) is 0 Å². The van der Waals surface area contributed by atoms with Crippen LogP contribution < -0.4 is 4.74 Å². The zero-order valence-corrected chi connectivity index (χ0v) is 8.64. The van der Waals surface area contributed by atoms with Crippen LogP contribution in [-0.2, 0) is 0 Å². The lowest BCUT2D eigenvalue weighted by Gasteiger charge is -2.05. The number of hydrogen-bond acceptors (Lipinski definition) is 1. The van der Waals surface area contributed by atoms with Crippen LogP contribution in [0.5, 0.6) is 5.75 Å². The van der Waals surface area contributed by atoms with E-state index in [4.69, 9.17) is 16.3 Å². The molecule has 1 rings (SSSR count). The summed E-state index contributed by atoms with van der Waals surface area (Å²) in [6.07, 6.45) is 3.89. The normalized spacial score (nSPS) is 10.7. The summed E-state index contributed by atoms with van der Waals surface area (Å²) < 4.78 is 5.44. The molecule has 1 aromatic carbocycles. The van der Waals surface area contributed by atoms with Crippen LogP contribution in [0.1, 0.15) is 12.5 Å². The summed E-state index contributed by atoms with van der Waals surface area (Å²) in [4.78, 5) is 0. The molecular formula is C11H13ClO. The van der Waals surface area contributed by atoms with Crippen LogP contribution in [-0.4, -0.2) is 6.61 Å². The van der Waals surface area contributed by atoms with Crippen LogP contribution in [0.25, 0.3) is 0 Å².